The van der Waals surface area contributed by atoms with Crippen LogP contribution < -0.4 is 5.73 Å². The number of fused-ring (bicyclic) bond motifs is 1. The third kappa shape index (κ3) is 3.06. The van der Waals surface area contributed by atoms with Gasteiger partial charge in [-0.25, -0.2) is 4.39 Å². The molecule has 0 aliphatic rings. The molecule has 3 aromatic rings. The van der Waals surface area contributed by atoms with E-state index < -0.39 is 0 Å². The molecule has 3 rings (SSSR count). The third-order valence-corrected chi connectivity index (χ3v) is 5.29. The predicted octanol–water partition coefficient (Wildman–Crippen LogP) is 5.59. The first-order chi connectivity index (χ1) is 10.0. The summed E-state index contributed by atoms with van der Waals surface area (Å²) in [6.45, 7) is 0. The van der Waals surface area contributed by atoms with Crippen LogP contribution in [0.3, 0.4) is 0 Å². The van der Waals surface area contributed by atoms with Crippen molar-refractivity contribution in [3.05, 3.63) is 68.8 Å². The van der Waals surface area contributed by atoms with Crippen LogP contribution in [-0.2, 0) is 6.42 Å². The van der Waals surface area contributed by atoms with Crippen LogP contribution in [0.1, 0.15) is 16.5 Å². The summed E-state index contributed by atoms with van der Waals surface area (Å²) in [6, 6.07) is 11.9. The smallest absolute Gasteiger partial charge is 0.124 e. The Hall–Kier alpha value is -1.13. The summed E-state index contributed by atoms with van der Waals surface area (Å²) in [7, 11) is 0. The molecule has 1 atom stereocenters. The normalized spacial score (nSPS) is 12.8. The molecule has 1 unspecified atom stereocenters. The molecule has 0 radical (unpaired) electrons. The molecule has 0 spiro atoms. The molecule has 0 saturated carbocycles. The molecule has 0 aliphatic carbocycles. The van der Waals surface area contributed by atoms with Gasteiger partial charge in [-0.3, -0.25) is 0 Å². The van der Waals surface area contributed by atoms with E-state index in [0.717, 1.165) is 20.5 Å². The Morgan fingerprint density at radius 3 is 2.52 bits per heavy atom. The Bertz CT molecular complexity index is 780. The zero-order valence-electron chi connectivity index (χ0n) is 10.9. The molecule has 5 heteroatoms. The van der Waals surface area contributed by atoms with Crippen LogP contribution in [0.25, 0.3) is 10.1 Å². The first-order valence-corrected chi connectivity index (χ1v) is 7.99. The van der Waals surface area contributed by atoms with Crippen molar-refractivity contribution in [3.63, 3.8) is 0 Å². The average Bonchev–Trinajstić information content (AvgIpc) is 2.86. The Morgan fingerprint density at radius 1 is 1.10 bits per heavy atom. The third-order valence-electron chi connectivity index (χ3n) is 3.35. The second-order valence-electron chi connectivity index (χ2n) is 4.84. The Labute approximate surface area is 136 Å². The Balaban J connectivity index is 1.91. The van der Waals surface area contributed by atoms with Crippen molar-refractivity contribution in [2.24, 2.45) is 5.73 Å². The highest BCUT2D eigenvalue weighted by atomic mass is 35.5. The summed E-state index contributed by atoms with van der Waals surface area (Å²) in [5, 5.41) is 2.23. The molecule has 2 N–H and O–H groups in total. The minimum Gasteiger partial charge on any atom is -0.323 e. The maximum Gasteiger partial charge on any atom is 0.124 e. The number of thiophene rings is 1. The number of nitrogens with two attached hydrogens (primary N) is 1. The van der Waals surface area contributed by atoms with Crippen LogP contribution in [0, 0.1) is 5.82 Å². The van der Waals surface area contributed by atoms with Crippen molar-refractivity contribution in [2.75, 3.05) is 0 Å². The van der Waals surface area contributed by atoms with Crippen molar-refractivity contribution < 1.29 is 4.39 Å². The van der Waals surface area contributed by atoms with E-state index in [1.807, 2.05) is 12.1 Å². The van der Waals surface area contributed by atoms with Crippen molar-refractivity contribution in [2.45, 2.75) is 12.5 Å². The summed E-state index contributed by atoms with van der Waals surface area (Å²) >= 11 is 13.8. The Kier molecular flexibility index (Phi) is 4.18. The van der Waals surface area contributed by atoms with Gasteiger partial charge in [-0.2, -0.15) is 0 Å². The molecule has 2 aromatic carbocycles. The SMILES string of the molecule is NC(Cc1c(Cl)cccc1Cl)c1cc2ccc(F)cc2s1. The maximum atomic E-state index is 13.2. The fraction of sp³-hybridized carbons (Fsp3) is 0.125. The van der Waals surface area contributed by atoms with Gasteiger partial charge in [-0.15, -0.1) is 11.3 Å². The highest BCUT2D eigenvalue weighted by molar-refractivity contribution is 7.19. The van der Waals surface area contributed by atoms with Gasteiger partial charge in [0.25, 0.3) is 0 Å². The molecule has 1 heterocycles. The maximum absolute atomic E-state index is 13.2. The van der Waals surface area contributed by atoms with E-state index in [2.05, 4.69) is 0 Å². The van der Waals surface area contributed by atoms with Gasteiger partial charge in [-0.05, 0) is 47.7 Å². The molecule has 0 amide bonds. The van der Waals surface area contributed by atoms with E-state index in [4.69, 9.17) is 28.9 Å². The van der Waals surface area contributed by atoms with E-state index in [9.17, 15) is 4.39 Å². The zero-order chi connectivity index (χ0) is 15.0. The molecule has 108 valence electrons. The number of hydrogen-bond acceptors (Lipinski definition) is 2. The first kappa shape index (κ1) is 14.8. The lowest BCUT2D eigenvalue weighted by atomic mass is 10.0. The van der Waals surface area contributed by atoms with Gasteiger partial charge in [0.15, 0.2) is 0 Å². The van der Waals surface area contributed by atoms with Crippen molar-refractivity contribution in [3.8, 4) is 0 Å². The highest BCUT2D eigenvalue weighted by Crippen LogP contribution is 2.33. The highest BCUT2D eigenvalue weighted by Gasteiger charge is 2.15. The summed E-state index contributed by atoms with van der Waals surface area (Å²) < 4.78 is 14.1. The quantitative estimate of drug-likeness (QED) is 0.661. The van der Waals surface area contributed by atoms with Gasteiger partial charge in [0.1, 0.15) is 5.82 Å². The van der Waals surface area contributed by atoms with E-state index in [-0.39, 0.29) is 11.9 Å². The molecular weight excluding hydrogens is 328 g/mol. The van der Waals surface area contributed by atoms with Crippen LogP contribution in [0.5, 0.6) is 0 Å². The molecular formula is C16H12Cl2FNS. The number of rotatable bonds is 3. The number of benzene rings is 2. The summed E-state index contributed by atoms with van der Waals surface area (Å²) in [5.41, 5.74) is 7.11. The summed E-state index contributed by atoms with van der Waals surface area (Å²) in [5.74, 6) is -0.237. The molecule has 21 heavy (non-hydrogen) atoms. The van der Waals surface area contributed by atoms with Crippen LogP contribution >= 0.6 is 34.5 Å². The molecule has 0 aliphatic heterocycles. The lowest BCUT2D eigenvalue weighted by Gasteiger charge is -2.12. The van der Waals surface area contributed by atoms with Crippen LogP contribution in [0.15, 0.2) is 42.5 Å². The van der Waals surface area contributed by atoms with Gasteiger partial charge in [0.2, 0.25) is 0 Å². The van der Waals surface area contributed by atoms with Gasteiger partial charge in [0, 0.05) is 25.7 Å². The number of halogens is 3. The molecule has 0 fully saturated rings. The standard InChI is InChI=1S/C16H12Cl2FNS/c17-12-2-1-3-13(18)11(12)8-14(20)16-6-9-4-5-10(19)7-15(9)21-16/h1-7,14H,8,20H2. The largest absolute Gasteiger partial charge is 0.323 e. The molecule has 0 bridgehead atoms. The van der Waals surface area contributed by atoms with Crippen molar-refractivity contribution >= 4 is 44.6 Å². The molecule has 1 aromatic heterocycles. The van der Waals surface area contributed by atoms with Gasteiger partial charge >= 0.3 is 0 Å². The average molecular weight is 340 g/mol. The van der Waals surface area contributed by atoms with Crippen LogP contribution in [0.2, 0.25) is 10.0 Å². The second kappa shape index (κ2) is 5.93. The zero-order valence-corrected chi connectivity index (χ0v) is 13.3. The first-order valence-electron chi connectivity index (χ1n) is 6.42. The van der Waals surface area contributed by atoms with E-state index in [0.29, 0.717) is 16.5 Å². The van der Waals surface area contributed by atoms with Gasteiger partial charge in [0.05, 0.1) is 0 Å². The van der Waals surface area contributed by atoms with E-state index in [1.165, 1.54) is 23.5 Å². The molecule has 1 nitrogen and oxygen atoms in total. The van der Waals surface area contributed by atoms with E-state index >= 15 is 0 Å². The van der Waals surface area contributed by atoms with E-state index in [1.54, 1.807) is 18.2 Å². The lowest BCUT2D eigenvalue weighted by Crippen LogP contribution is -2.12. The fourth-order valence-corrected chi connectivity index (χ4v) is 3.90. The number of hydrogen-bond donors (Lipinski definition) is 1. The molecule has 0 saturated heterocycles. The summed E-state index contributed by atoms with van der Waals surface area (Å²) in [6.07, 6.45) is 0.549. The van der Waals surface area contributed by atoms with Gasteiger partial charge < -0.3 is 5.73 Å². The Morgan fingerprint density at radius 2 is 1.81 bits per heavy atom. The predicted molar refractivity (Wildman–Crippen MR) is 88.9 cm³/mol. The van der Waals surface area contributed by atoms with Crippen LogP contribution in [-0.4, -0.2) is 0 Å². The minimum atomic E-state index is -0.237. The topological polar surface area (TPSA) is 26.0 Å². The minimum absolute atomic E-state index is 0.220. The van der Waals surface area contributed by atoms with Crippen molar-refractivity contribution in [1.82, 2.24) is 0 Å². The second-order valence-corrected chi connectivity index (χ2v) is 6.77. The summed E-state index contributed by atoms with van der Waals surface area (Å²) in [4.78, 5) is 0.992. The monoisotopic (exact) mass is 339 g/mol. The lowest BCUT2D eigenvalue weighted by molar-refractivity contribution is 0.630. The van der Waals surface area contributed by atoms with Gasteiger partial charge in [-0.1, -0.05) is 35.3 Å². The fourth-order valence-electron chi connectivity index (χ4n) is 2.26. The van der Waals surface area contributed by atoms with Crippen LogP contribution in [0.4, 0.5) is 4.39 Å². The van der Waals surface area contributed by atoms with Crippen molar-refractivity contribution in [1.29, 1.82) is 0 Å².